The molecule has 0 saturated carbocycles. The number of aryl methyl sites for hydroxylation is 1. The molecule has 94 valence electrons. The van der Waals surface area contributed by atoms with Crippen LogP contribution in [-0.2, 0) is 19.7 Å². The van der Waals surface area contributed by atoms with Crippen molar-refractivity contribution in [2.24, 2.45) is 0 Å². The number of fused-ring (bicyclic) bond motifs is 2. The summed E-state index contributed by atoms with van der Waals surface area (Å²) < 4.78 is 5.14. The van der Waals surface area contributed by atoms with Crippen LogP contribution < -0.4 is 4.90 Å². The summed E-state index contributed by atoms with van der Waals surface area (Å²) in [5.74, 6) is -0.170. The Bertz CT molecular complexity index is 540. The number of benzene rings is 1. The molecule has 1 aromatic carbocycles. The quantitative estimate of drug-likeness (QED) is 0.651. The average Bonchev–Trinajstić information content (AvgIpc) is 2.57. The molecule has 0 aromatic heterocycles. The first-order valence-electron chi connectivity index (χ1n) is 6.10. The smallest absolute Gasteiger partial charge is 0.305 e. The molecule has 4 heteroatoms. The Kier molecular flexibility index (Phi) is 2.24. The van der Waals surface area contributed by atoms with Gasteiger partial charge in [-0.05, 0) is 24.5 Å². The fraction of sp³-hybridized carbons (Fsp3) is 0.429. The molecule has 4 nitrogen and oxygen atoms in total. The van der Waals surface area contributed by atoms with E-state index in [1.54, 1.807) is 11.9 Å². The maximum absolute atomic E-state index is 12.5. The van der Waals surface area contributed by atoms with E-state index in [-0.39, 0.29) is 18.5 Å². The molecule has 1 aromatic rings. The number of esters is 1. The first-order chi connectivity index (χ1) is 8.56. The van der Waals surface area contributed by atoms with Gasteiger partial charge in [0.2, 0.25) is 5.91 Å². The van der Waals surface area contributed by atoms with Gasteiger partial charge in [0.1, 0.15) is 12.0 Å². The predicted octanol–water partition coefficient (Wildman–Crippen LogP) is 1.55. The van der Waals surface area contributed by atoms with Gasteiger partial charge in [-0.3, -0.25) is 9.59 Å². The van der Waals surface area contributed by atoms with E-state index in [0.717, 1.165) is 16.8 Å². The summed E-state index contributed by atoms with van der Waals surface area (Å²) in [6, 6.07) is 5.93. The molecule has 0 N–H and O–H groups in total. The fourth-order valence-corrected chi connectivity index (χ4v) is 3.07. The van der Waals surface area contributed by atoms with Crippen molar-refractivity contribution in [3.05, 3.63) is 29.3 Å². The summed E-state index contributed by atoms with van der Waals surface area (Å²) in [6.45, 7) is 2.17. The van der Waals surface area contributed by atoms with Crippen LogP contribution in [-0.4, -0.2) is 25.5 Å². The number of para-hydroxylation sites is 1. The Balaban J connectivity index is 2.16. The third-order valence-corrected chi connectivity index (χ3v) is 4.04. The molecule has 1 unspecified atom stereocenters. The zero-order valence-electron chi connectivity index (χ0n) is 10.5. The highest BCUT2D eigenvalue weighted by Gasteiger charge is 2.52. The number of cyclic esters (lactones) is 1. The summed E-state index contributed by atoms with van der Waals surface area (Å²) in [5, 5.41) is 0. The maximum Gasteiger partial charge on any atom is 0.305 e. The number of ether oxygens (including phenoxy) is 1. The molecule has 1 amide bonds. The first-order valence-corrected chi connectivity index (χ1v) is 6.10. The van der Waals surface area contributed by atoms with Crippen LogP contribution in [0.4, 0.5) is 5.69 Å². The SMILES string of the molecule is Cc1cccc2c1N(C)C(=O)C21CCC(=O)OC1. The lowest BCUT2D eigenvalue weighted by Gasteiger charge is -2.31. The molecule has 1 atom stereocenters. The van der Waals surface area contributed by atoms with Crippen molar-refractivity contribution >= 4 is 17.6 Å². The summed E-state index contributed by atoms with van der Waals surface area (Å²) in [6.07, 6.45) is 0.860. The molecular formula is C14H15NO3. The molecule has 1 fully saturated rings. The summed E-state index contributed by atoms with van der Waals surface area (Å²) >= 11 is 0. The lowest BCUT2D eigenvalue weighted by Crippen LogP contribution is -2.46. The molecule has 0 radical (unpaired) electrons. The van der Waals surface area contributed by atoms with E-state index in [4.69, 9.17) is 4.74 Å². The van der Waals surface area contributed by atoms with Gasteiger partial charge in [0.15, 0.2) is 0 Å². The Labute approximate surface area is 106 Å². The second kappa shape index (κ2) is 3.57. The number of amides is 1. The van der Waals surface area contributed by atoms with E-state index in [2.05, 4.69) is 0 Å². The van der Waals surface area contributed by atoms with E-state index >= 15 is 0 Å². The van der Waals surface area contributed by atoms with Crippen molar-refractivity contribution in [1.29, 1.82) is 0 Å². The molecule has 1 saturated heterocycles. The highest BCUT2D eigenvalue weighted by molar-refractivity contribution is 6.09. The monoisotopic (exact) mass is 245 g/mol. The van der Waals surface area contributed by atoms with Crippen LogP contribution in [0.5, 0.6) is 0 Å². The number of anilines is 1. The van der Waals surface area contributed by atoms with Gasteiger partial charge in [-0.2, -0.15) is 0 Å². The van der Waals surface area contributed by atoms with E-state index < -0.39 is 5.41 Å². The van der Waals surface area contributed by atoms with E-state index in [1.165, 1.54) is 0 Å². The van der Waals surface area contributed by atoms with Gasteiger partial charge in [0.25, 0.3) is 0 Å². The lowest BCUT2D eigenvalue weighted by atomic mass is 9.77. The van der Waals surface area contributed by atoms with Gasteiger partial charge in [0, 0.05) is 13.5 Å². The summed E-state index contributed by atoms with van der Waals surface area (Å²) in [7, 11) is 1.79. The van der Waals surface area contributed by atoms with Gasteiger partial charge < -0.3 is 9.64 Å². The topological polar surface area (TPSA) is 46.6 Å². The van der Waals surface area contributed by atoms with Gasteiger partial charge in [0.05, 0.1) is 5.69 Å². The Morgan fingerprint density at radius 2 is 2.11 bits per heavy atom. The Morgan fingerprint density at radius 1 is 1.33 bits per heavy atom. The van der Waals surface area contributed by atoms with Crippen molar-refractivity contribution < 1.29 is 14.3 Å². The Hall–Kier alpha value is -1.84. The molecule has 3 rings (SSSR count). The van der Waals surface area contributed by atoms with Gasteiger partial charge >= 0.3 is 5.97 Å². The number of carbonyl (C=O) groups is 2. The Morgan fingerprint density at radius 3 is 2.78 bits per heavy atom. The zero-order chi connectivity index (χ0) is 12.9. The fourth-order valence-electron chi connectivity index (χ4n) is 3.07. The van der Waals surface area contributed by atoms with Gasteiger partial charge in [-0.1, -0.05) is 18.2 Å². The number of hydrogen-bond donors (Lipinski definition) is 0. The molecule has 0 aliphatic carbocycles. The summed E-state index contributed by atoms with van der Waals surface area (Å²) in [5.41, 5.74) is 2.41. The van der Waals surface area contributed by atoms with Crippen LogP contribution in [0.3, 0.4) is 0 Å². The number of likely N-dealkylation sites (N-methyl/N-ethyl adjacent to an activating group) is 1. The lowest BCUT2D eigenvalue weighted by molar-refractivity contribution is -0.152. The molecular weight excluding hydrogens is 230 g/mol. The number of carbonyl (C=O) groups excluding carboxylic acids is 2. The second-order valence-corrected chi connectivity index (χ2v) is 5.08. The van der Waals surface area contributed by atoms with Crippen LogP contribution in [0, 0.1) is 6.92 Å². The minimum Gasteiger partial charge on any atom is -0.464 e. The highest BCUT2D eigenvalue weighted by atomic mass is 16.5. The molecule has 1 spiro atoms. The van der Waals surface area contributed by atoms with Crippen LogP contribution >= 0.6 is 0 Å². The normalized spacial score (nSPS) is 26.4. The third kappa shape index (κ3) is 1.26. The standard InChI is InChI=1S/C14H15NO3/c1-9-4-3-5-10-12(9)15(2)13(17)14(10)7-6-11(16)18-8-14/h3-5H,6-8H2,1-2H3. The molecule has 2 aliphatic heterocycles. The van der Waals surface area contributed by atoms with Crippen LogP contribution in [0.1, 0.15) is 24.0 Å². The first kappa shape index (κ1) is 11.3. The highest BCUT2D eigenvalue weighted by Crippen LogP contribution is 2.47. The van der Waals surface area contributed by atoms with Crippen molar-refractivity contribution in [3.8, 4) is 0 Å². The number of hydrogen-bond acceptors (Lipinski definition) is 3. The predicted molar refractivity (Wildman–Crippen MR) is 66.5 cm³/mol. The number of nitrogens with zero attached hydrogens (tertiary/aromatic N) is 1. The van der Waals surface area contributed by atoms with Crippen molar-refractivity contribution in [3.63, 3.8) is 0 Å². The second-order valence-electron chi connectivity index (χ2n) is 5.08. The molecule has 2 aliphatic rings. The molecule has 18 heavy (non-hydrogen) atoms. The van der Waals surface area contributed by atoms with Crippen LogP contribution in [0.2, 0.25) is 0 Å². The molecule has 2 heterocycles. The largest absolute Gasteiger partial charge is 0.464 e. The average molecular weight is 245 g/mol. The van der Waals surface area contributed by atoms with Crippen molar-refractivity contribution in [2.75, 3.05) is 18.6 Å². The van der Waals surface area contributed by atoms with Crippen LogP contribution in [0.15, 0.2) is 18.2 Å². The van der Waals surface area contributed by atoms with Crippen molar-refractivity contribution in [2.45, 2.75) is 25.2 Å². The third-order valence-electron chi connectivity index (χ3n) is 4.04. The van der Waals surface area contributed by atoms with Crippen LogP contribution in [0.25, 0.3) is 0 Å². The maximum atomic E-state index is 12.5. The van der Waals surface area contributed by atoms with Gasteiger partial charge in [-0.15, -0.1) is 0 Å². The number of rotatable bonds is 0. The van der Waals surface area contributed by atoms with E-state index in [0.29, 0.717) is 12.8 Å². The zero-order valence-corrected chi connectivity index (χ0v) is 10.5. The van der Waals surface area contributed by atoms with E-state index in [1.807, 2.05) is 25.1 Å². The van der Waals surface area contributed by atoms with E-state index in [9.17, 15) is 9.59 Å². The molecule has 0 bridgehead atoms. The van der Waals surface area contributed by atoms with Gasteiger partial charge in [-0.25, -0.2) is 0 Å². The summed E-state index contributed by atoms with van der Waals surface area (Å²) in [4.78, 5) is 25.5. The minimum absolute atomic E-state index is 0.0410. The van der Waals surface area contributed by atoms with Crippen molar-refractivity contribution in [1.82, 2.24) is 0 Å². The minimum atomic E-state index is -0.649.